The number of carbonyl (C=O) groups is 3. The standard InChI is InChI=1S/C73H122O6/c1-4-7-10-13-16-19-22-25-28-30-31-32-33-34-35-36-37-38-39-40-41-43-45-48-51-54-57-60-63-66-72(75)78-69-70(68-77-71(74)65-62-59-56-53-50-47-44-27-24-21-18-15-12-9-6-3)79-73(76)67-64-61-58-55-52-49-46-42-29-26-23-20-17-14-11-8-5-2/h7,9-10,12,16,18-19,21,25-29,31-32,44,50,53,59,62,70H,4-6,8,11,13-15,17,20,22-24,30,33-43,45-49,51-52,54-58,60-61,63-69H2,1-3H3/b10-7-,12-9-,19-16-,21-18-,28-25-,29-26-,32-31-,44-27-,53-50-,62-59-. The molecular weight excluding hydrogens is 973 g/mol. The summed E-state index contributed by atoms with van der Waals surface area (Å²) in [6.07, 6.45) is 92.4. The zero-order valence-corrected chi connectivity index (χ0v) is 51.6. The summed E-state index contributed by atoms with van der Waals surface area (Å²) in [6.45, 7) is 6.34. The van der Waals surface area contributed by atoms with Crippen LogP contribution in [0.25, 0.3) is 0 Å². The molecule has 0 aliphatic rings. The van der Waals surface area contributed by atoms with Crippen LogP contribution < -0.4 is 0 Å². The van der Waals surface area contributed by atoms with Crippen molar-refractivity contribution in [3.63, 3.8) is 0 Å². The van der Waals surface area contributed by atoms with Gasteiger partial charge in [-0.05, 0) is 109 Å². The predicted molar refractivity (Wildman–Crippen MR) is 343 cm³/mol. The fourth-order valence-corrected chi connectivity index (χ4v) is 9.09. The van der Waals surface area contributed by atoms with Gasteiger partial charge in [0.25, 0.3) is 0 Å². The van der Waals surface area contributed by atoms with Crippen molar-refractivity contribution >= 4 is 17.9 Å². The topological polar surface area (TPSA) is 78.9 Å². The minimum Gasteiger partial charge on any atom is -0.462 e. The van der Waals surface area contributed by atoms with Crippen molar-refractivity contribution < 1.29 is 28.6 Å². The number of carbonyl (C=O) groups excluding carboxylic acids is 3. The fourth-order valence-electron chi connectivity index (χ4n) is 9.09. The van der Waals surface area contributed by atoms with Crippen molar-refractivity contribution in [2.75, 3.05) is 13.2 Å². The summed E-state index contributed by atoms with van der Waals surface area (Å²) in [5.74, 6) is -1.04. The quantitative estimate of drug-likeness (QED) is 0.0261. The van der Waals surface area contributed by atoms with E-state index in [9.17, 15) is 14.4 Å². The molecule has 0 aliphatic heterocycles. The largest absolute Gasteiger partial charge is 0.462 e. The third kappa shape index (κ3) is 64.5. The van der Waals surface area contributed by atoms with Gasteiger partial charge >= 0.3 is 17.9 Å². The summed E-state index contributed by atoms with van der Waals surface area (Å²) in [7, 11) is 0. The Labute approximate surface area is 488 Å². The normalized spacial score (nSPS) is 12.9. The Morgan fingerprint density at radius 2 is 0.544 bits per heavy atom. The van der Waals surface area contributed by atoms with E-state index in [-0.39, 0.29) is 31.6 Å². The Morgan fingerprint density at radius 3 is 0.899 bits per heavy atom. The van der Waals surface area contributed by atoms with Crippen molar-refractivity contribution in [2.45, 2.75) is 309 Å². The van der Waals surface area contributed by atoms with Crippen molar-refractivity contribution in [2.24, 2.45) is 0 Å². The summed E-state index contributed by atoms with van der Waals surface area (Å²) < 4.78 is 16.8. The van der Waals surface area contributed by atoms with Gasteiger partial charge in [0.2, 0.25) is 0 Å². The van der Waals surface area contributed by atoms with E-state index in [0.717, 1.165) is 96.3 Å². The molecule has 450 valence electrons. The number of ether oxygens (including phenoxy) is 3. The molecule has 0 rings (SSSR count). The highest BCUT2D eigenvalue weighted by Crippen LogP contribution is 2.16. The average molecular weight is 1100 g/mol. The number of allylic oxidation sites excluding steroid dienone is 19. The molecule has 6 heteroatoms. The van der Waals surface area contributed by atoms with Gasteiger partial charge in [0.05, 0.1) is 6.42 Å². The monoisotopic (exact) mass is 1090 g/mol. The average Bonchev–Trinajstić information content (AvgIpc) is 3.45. The molecule has 1 atom stereocenters. The van der Waals surface area contributed by atoms with Crippen LogP contribution >= 0.6 is 0 Å². The van der Waals surface area contributed by atoms with Crippen LogP contribution in [0.2, 0.25) is 0 Å². The summed E-state index contributed by atoms with van der Waals surface area (Å²) >= 11 is 0. The molecule has 0 aliphatic carbocycles. The second kappa shape index (κ2) is 66.3. The van der Waals surface area contributed by atoms with E-state index in [2.05, 4.69) is 130 Å². The summed E-state index contributed by atoms with van der Waals surface area (Å²) in [5, 5.41) is 0. The molecule has 0 aromatic rings. The van der Waals surface area contributed by atoms with Gasteiger partial charge in [0.1, 0.15) is 13.2 Å². The maximum Gasteiger partial charge on any atom is 0.309 e. The van der Waals surface area contributed by atoms with Gasteiger partial charge in [0.15, 0.2) is 6.10 Å². The molecule has 0 aromatic heterocycles. The van der Waals surface area contributed by atoms with Crippen LogP contribution in [0.15, 0.2) is 122 Å². The van der Waals surface area contributed by atoms with E-state index in [1.807, 2.05) is 6.08 Å². The van der Waals surface area contributed by atoms with Gasteiger partial charge < -0.3 is 14.2 Å². The highest BCUT2D eigenvalue weighted by atomic mass is 16.6. The Hall–Kier alpha value is -4.19. The molecular formula is C73H122O6. The zero-order valence-electron chi connectivity index (χ0n) is 51.6. The van der Waals surface area contributed by atoms with Gasteiger partial charge in [-0.3, -0.25) is 14.4 Å². The number of esters is 3. The van der Waals surface area contributed by atoms with Crippen molar-refractivity contribution in [3.05, 3.63) is 122 Å². The maximum atomic E-state index is 12.9. The molecule has 1 unspecified atom stereocenters. The van der Waals surface area contributed by atoms with E-state index >= 15 is 0 Å². The first-order valence-electron chi connectivity index (χ1n) is 33.0. The summed E-state index contributed by atoms with van der Waals surface area (Å²) in [4.78, 5) is 38.3. The lowest BCUT2D eigenvalue weighted by Crippen LogP contribution is -2.30. The van der Waals surface area contributed by atoms with E-state index in [0.29, 0.717) is 12.8 Å². The van der Waals surface area contributed by atoms with Crippen LogP contribution in [0, 0.1) is 0 Å². The minimum absolute atomic E-state index is 0.110. The van der Waals surface area contributed by atoms with E-state index in [1.165, 1.54) is 167 Å². The van der Waals surface area contributed by atoms with E-state index in [1.54, 1.807) is 6.08 Å². The van der Waals surface area contributed by atoms with Gasteiger partial charge in [-0.2, -0.15) is 0 Å². The first-order valence-corrected chi connectivity index (χ1v) is 33.0. The van der Waals surface area contributed by atoms with Crippen molar-refractivity contribution in [1.29, 1.82) is 0 Å². The van der Waals surface area contributed by atoms with Crippen LogP contribution in [0.4, 0.5) is 0 Å². The van der Waals surface area contributed by atoms with Crippen LogP contribution in [-0.2, 0) is 28.6 Å². The number of hydrogen-bond donors (Lipinski definition) is 0. The van der Waals surface area contributed by atoms with Gasteiger partial charge in [-0.25, -0.2) is 0 Å². The molecule has 79 heavy (non-hydrogen) atoms. The maximum absolute atomic E-state index is 12.9. The van der Waals surface area contributed by atoms with E-state index in [4.69, 9.17) is 14.2 Å². The molecule has 6 nitrogen and oxygen atoms in total. The van der Waals surface area contributed by atoms with Crippen LogP contribution in [0.5, 0.6) is 0 Å². The molecule has 0 spiro atoms. The molecule has 0 fully saturated rings. The Balaban J connectivity index is 4.33. The lowest BCUT2D eigenvalue weighted by atomic mass is 10.0. The number of hydrogen-bond acceptors (Lipinski definition) is 6. The van der Waals surface area contributed by atoms with Crippen molar-refractivity contribution in [3.8, 4) is 0 Å². The number of unbranched alkanes of at least 4 members (excludes halogenated alkanes) is 29. The zero-order chi connectivity index (χ0) is 57.1. The first kappa shape index (κ1) is 74.8. The Morgan fingerprint density at radius 1 is 0.278 bits per heavy atom. The molecule has 0 radical (unpaired) electrons. The lowest BCUT2D eigenvalue weighted by Gasteiger charge is -2.18. The highest BCUT2D eigenvalue weighted by molar-refractivity contribution is 5.72. The molecule has 0 heterocycles. The van der Waals surface area contributed by atoms with Gasteiger partial charge in [-0.15, -0.1) is 0 Å². The second-order valence-corrected chi connectivity index (χ2v) is 21.6. The van der Waals surface area contributed by atoms with Crippen molar-refractivity contribution in [1.82, 2.24) is 0 Å². The Bertz CT molecular complexity index is 1640. The Kier molecular flexibility index (Phi) is 62.8. The molecule has 0 saturated heterocycles. The van der Waals surface area contributed by atoms with Gasteiger partial charge in [0, 0.05) is 12.8 Å². The van der Waals surface area contributed by atoms with Crippen LogP contribution in [-0.4, -0.2) is 37.2 Å². The third-order valence-electron chi connectivity index (χ3n) is 14.0. The van der Waals surface area contributed by atoms with E-state index < -0.39 is 12.1 Å². The number of rotatable bonds is 59. The smallest absolute Gasteiger partial charge is 0.309 e. The molecule has 0 saturated carbocycles. The molecule has 0 aromatic carbocycles. The SMILES string of the molecule is CC/C=C\C/C=C\C/C=C\C/C=C\C/C=C\CC(=O)OCC(COC(=O)CCCCCCCCCCCCCCCCCC/C=C\C/C=C\C/C=C\C/C=C\CC)OC(=O)CCCCCCCCC/C=C\CCCCCCCC. The van der Waals surface area contributed by atoms with Crippen LogP contribution in [0.3, 0.4) is 0 Å². The predicted octanol–water partition coefficient (Wildman–Crippen LogP) is 22.8. The lowest BCUT2D eigenvalue weighted by molar-refractivity contribution is -0.166. The van der Waals surface area contributed by atoms with Crippen LogP contribution in [0.1, 0.15) is 303 Å². The molecule has 0 N–H and O–H groups in total. The molecule has 0 bridgehead atoms. The summed E-state index contributed by atoms with van der Waals surface area (Å²) in [6, 6.07) is 0. The second-order valence-electron chi connectivity index (χ2n) is 21.6. The highest BCUT2D eigenvalue weighted by Gasteiger charge is 2.19. The van der Waals surface area contributed by atoms with Gasteiger partial charge in [-0.1, -0.05) is 296 Å². The first-order chi connectivity index (χ1) is 39.0. The fraction of sp³-hybridized carbons (Fsp3) is 0.685. The molecule has 0 amide bonds. The minimum atomic E-state index is -0.823. The third-order valence-corrected chi connectivity index (χ3v) is 14.0. The summed E-state index contributed by atoms with van der Waals surface area (Å²) in [5.41, 5.74) is 0.